The lowest BCUT2D eigenvalue weighted by atomic mass is 9.75. The minimum Gasteiger partial charge on any atom is -0.481 e. The first-order chi connectivity index (χ1) is 6.47. The number of ether oxygens (including phenoxy) is 1. The van der Waals surface area contributed by atoms with Crippen LogP contribution < -0.4 is 0 Å². The van der Waals surface area contributed by atoms with Gasteiger partial charge < -0.3 is 9.84 Å². The molecule has 0 radical (unpaired) electrons. The van der Waals surface area contributed by atoms with Crippen LogP contribution in [-0.4, -0.2) is 23.8 Å². The first-order valence-corrected chi connectivity index (χ1v) is 5.25. The highest BCUT2D eigenvalue weighted by molar-refractivity contribution is 5.69. The fraction of sp³-hybridized carbons (Fsp3) is 0.909. The zero-order valence-corrected chi connectivity index (χ0v) is 9.25. The average molecular weight is 200 g/mol. The highest BCUT2D eigenvalue weighted by atomic mass is 16.5. The Hall–Kier alpha value is -0.570. The fourth-order valence-corrected chi connectivity index (χ4v) is 2.20. The van der Waals surface area contributed by atoms with Gasteiger partial charge in [0.05, 0.1) is 11.5 Å². The van der Waals surface area contributed by atoms with E-state index in [-0.39, 0.29) is 11.5 Å². The molecule has 0 unspecified atom stereocenters. The van der Waals surface area contributed by atoms with Gasteiger partial charge in [-0.25, -0.2) is 0 Å². The number of carboxylic acid groups (broad SMARTS) is 1. The van der Waals surface area contributed by atoms with Crippen molar-refractivity contribution in [1.29, 1.82) is 0 Å². The molecule has 0 aromatic heterocycles. The second-order valence-corrected chi connectivity index (χ2v) is 4.69. The molecular weight excluding hydrogens is 180 g/mol. The van der Waals surface area contributed by atoms with Gasteiger partial charge in [0.1, 0.15) is 0 Å². The number of hydrogen-bond donors (Lipinski definition) is 1. The predicted molar refractivity (Wildman–Crippen MR) is 54.2 cm³/mol. The van der Waals surface area contributed by atoms with Crippen LogP contribution in [0.1, 0.15) is 39.5 Å². The van der Waals surface area contributed by atoms with Gasteiger partial charge >= 0.3 is 5.97 Å². The fourth-order valence-electron chi connectivity index (χ4n) is 2.20. The van der Waals surface area contributed by atoms with Crippen LogP contribution in [0, 0.1) is 11.8 Å². The van der Waals surface area contributed by atoms with Crippen molar-refractivity contribution in [3.8, 4) is 0 Å². The van der Waals surface area contributed by atoms with Gasteiger partial charge in [-0.05, 0) is 45.4 Å². The molecule has 0 aliphatic heterocycles. The molecule has 82 valence electrons. The molecule has 0 saturated heterocycles. The smallest absolute Gasteiger partial charge is 0.306 e. The second-order valence-electron chi connectivity index (χ2n) is 4.69. The minimum atomic E-state index is -0.640. The molecule has 3 heteroatoms. The standard InChI is InChI=1S/C11H20O3/c1-11(2,14-3)9-6-4-8(5-7-9)10(12)13/h8-9H,4-7H2,1-3H3,(H,12,13)/t8-,9-. The van der Waals surface area contributed by atoms with Gasteiger partial charge in [0.2, 0.25) is 0 Å². The zero-order valence-electron chi connectivity index (χ0n) is 9.25. The summed E-state index contributed by atoms with van der Waals surface area (Å²) >= 11 is 0. The zero-order chi connectivity index (χ0) is 10.8. The van der Waals surface area contributed by atoms with Crippen molar-refractivity contribution in [1.82, 2.24) is 0 Å². The highest BCUT2D eigenvalue weighted by Gasteiger charge is 2.34. The predicted octanol–water partition coefficient (Wildman–Crippen LogP) is 2.30. The van der Waals surface area contributed by atoms with Crippen LogP contribution in [-0.2, 0) is 9.53 Å². The summed E-state index contributed by atoms with van der Waals surface area (Å²) in [5, 5.41) is 8.85. The Morgan fingerprint density at radius 2 is 1.79 bits per heavy atom. The third-order valence-electron chi connectivity index (χ3n) is 3.59. The van der Waals surface area contributed by atoms with Crippen LogP contribution >= 0.6 is 0 Å². The Balaban J connectivity index is 2.47. The van der Waals surface area contributed by atoms with E-state index in [1.54, 1.807) is 7.11 Å². The monoisotopic (exact) mass is 200 g/mol. The lowest BCUT2D eigenvalue weighted by Crippen LogP contribution is -2.37. The molecule has 1 N–H and O–H groups in total. The summed E-state index contributed by atoms with van der Waals surface area (Å²) in [5.41, 5.74) is -0.108. The van der Waals surface area contributed by atoms with Crippen molar-refractivity contribution in [3.05, 3.63) is 0 Å². The van der Waals surface area contributed by atoms with Crippen LogP contribution in [0.25, 0.3) is 0 Å². The Morgan fingerprint density at radius 3 is 2.14 bits per heavy atom. The summed E-state index contributed by atoms with van der Waals surface area (Å²) in [4.78, 5) is 10.7. The van der Waals surface area contributed by atoms with Crippen LogP contribution in [0.4, 0.5) is 0 Å². The van der Waals surface area contributed by atoms with E-state index >= 15 is 0 Å². The van der Waals surface area contributed by atoms with Crippen LogP contribution in [0.15, 0.2) is 0 Å². The van der Waals surface area contributed by atoms with Crippen molar-refractivity contribution < 1.29 is 14.6 Å². The van der Waals surface area contributed by atoms with Crippen LogP contribution in [0.5, 0.6) is 0 Å². The molecule has 0 aromatic rings. The van der Waals surface area contributed by atoms with Crippen molar-refractivity contribution >= 4 is 5.97 Å². The number of hydrogen-bond acceptors (Lipinski definition) is 2. The Kier molecular flexibility index (Phi) is 3.53. The van der Waals surface area contributed by atoms with E-state index in [1.165, 1.54) is 0 Å². The maximum Gasteiger partial charge on any atom is 0.306 e. The van der Waals surface area contributed by atoms with E-state index in [1.807, 2.05) is 0 Å². The second kappa shape index (κ2) is 4.30. The van der Waals surface area contributed by atoms with Crippen LogP contribution in [0.3, 0.4) is 0 Å². The molecule has 1 rings (SSSR count). The van der Waals surface area contributed by atoms with E-state index in [2.05, 4.69) is 13.8 Å². The molecule has 1 aliphatic rings. The first kappa shape index (κ1) is 11.5. The molecule has 1 fully saturated rings. The van der Waals surface area contributed by atoms with Gasteiger partial charge in [0.25, 0.3) is 0 Å². The number of methoxy groups -OCH3 is 1. The molecular formula is C11H20O3. The minimum absolute atomic E-state index is 0.108. The summed E-state index contributed by atoms with van der Waals surface area (Å²) in [7, 11) is 1.73. The molecule has 0 atom stereocenters. The van der Waals surface area contributed by atoms with Crippen molar-refractivity contribution in [2.75, 3.05) is 7.11 Å². The summed E-state index contributed by atoms with van der Waals surface area (Å²) < 4.78 is 5.43. The third-order valence-corrected chi connectivity index (χ3v) is 3.59. The normalized spacial score (nSPS) is 28.8. The third kappa shape index (κ3) is 2.47. The molecule has 0 bridgehead atoms. The molecule has 14 heavy (non-hydrogen) atoms. The first-order valence-electron chi connectivity index (χ1n) is 5.25. The van der Waals surface area contributed by atoms with Gasteiger partial charge in [-0.1, -0.05) is 0 Å². The Morgan fingerprint density at radius 1 is 1.29 bits per heavy atom. The quantitative estimate of drug-likeness (QED) is 0.760. The van der Waals surface area contributed by atoms with Gasteiger partial charge in [-0.2, -0.15) is 0 Å². The maximum atomic E-state index is 10.7. The molecule has 0 spiro atoms. The van der Waals surface area contributed by atoms with Crippen LogP contribution in [0.2, 0.25) is 0 Å². The lowest BCUT2D eigenvalue weighted by molar-refractivity contribution is -0.144. The summed E-state index contributed by atoms with van der Waals surface area (Å²) in [6.07, 6.45) is 3.54. The van der Waals surface area contributed by atoms with Crippen molar-refractivity contribution in [2.24, 2.45) is 11.8 Å². The number of carboxylic acids is 1. The van der Waals surface area contributed by atoms with Gasteiger partial charge in [0.15, 0.2) is 0 Å². The van der Waals surface area contributed by atoms with Crippen molar-refractivity contribution in [2.45, 2.75) is 45.1 Å². The SMILES string of the molecule is COC(C)(C)[C@H]1CC[C@H](C(=O)O)CC1. The van der Waals surface area contributed by atoms with E-state index in [0.29, 0.717) is 5.92 Å². The Bertz CT molecular complexity index is 203. The van der Waals surface area contributed by atoms with Gasteiger partial charge in [-0.3, -0.25) is 4.79 Å². The largest absolute Gasteiger partial charge is 0.481 e. The molecule has 3 nitrogen and oxygen atoms in total. The number of aliphatic carboxylic acids is 1. The molecule has 0 aromatic carbocycles. The summed E-state index contributed by atoms with van der Waals surface area (Å²) in [5.74, 6) is -0.263. The van der Waals surface area contributed by atoms with E-state index in [0.717, 1.165) is 25.7 Å². The topological polar surface area (TPSA) is 46.5 Å². The highest BCUT2D eigenvalue weighted by Crippen LogP contribution is 2.36. The van der Waals surface area contributed by atoms with Gasteiger partial charge in [0, 0.05) is 7.11 Å². The van der Waals surface area contributed by atoms with E-state index in [4.69, 9.17) is 9.84 Å². The summed E-state index contributed by atoms with van der Waals surface area (Å²) in [6, 6.07) is 0. The maximum absolute atomic E-state index is 10.7. The number of carbonyl (C=O) groups is 1. The molecule has 0 amide bonds. The Labute approximate surface area is 85.5 Å². The van der Waals surface area contributed by atoms with E-state index in [9.17, 15) is 4.79 Å². The summed E-state index contributed by atoms with van der Waals surface area (Å²) in [6.45, 7) is 4.16. The molecule has 1 aliphatic carbocycles. The van der Waals surface area contributed by atoms with Crippen molar-refractivity contribution in [3.63, 3.8) is 0 Å². The average Bonchev–Trinajstić information content (AvgIpc) is 2.18. The lowest BCUT2D eigenvalue weighted by Gasteiger charge is -2.37. The van der Waals surface area contributed by atoms with Gasteiger partial charge in [-0.15, -0.1) is 0 Å². The molecule has 0 heterocycles. The number of rotatable bonds is 3. The molecule has 1 saturated carbocycles. The van der Waals surface area contributed by atoms with E-state index < -0.39 is 5.97 Å².